The fourth-order valence-electron chi connectivity index (χ4n) is 1.78. The number of hydrogen-bond acceptors (Lipinski definition) is 4. The summed E-state index contributed by atoms with van der Waals surface area (Å²) >= 11 is 0. The predicted octanol–water partition coefficient (Wildman–Crippen LogP) is 3.71. The first-order valence-electron chi connectivity index (χ1n) is 7.70. The van der Waals surface area contributed by atoms with Gasteiger partial charge in [-0.05, 0) is 27.2 Å². The third-order valence-corrected chi connectivity index (χ3v) is 2.96. The number of rotatable bonds is 9. The first kappa shape index (κ1) is 16.9. The van der Waals surface area contributed by atoms with Gasteiger partial charge < -0.3 is 10.1 Å². The molecule has 0 aliphatic rings. The molecule has 0 amide bonds. The molecule has 0 radical (unpaired) electrons. The number of nitrogens with zero attached hydrogens (tertiary/aromatic N) is 2. The molecule has 0 fully saturated rings. The second-order valence-corrected chi connectivity index (χ2v) is 6.21. The summed E-state index contributed by atoms with van der Waals surface area (Å²) in [6.07, 6.45) is 9.67. The van der Waals surface area contributed by atoms with Crippen LogP contribution in [0.4, 0.5) is 0 Å². The molecule has 1 aromatic rings. The molecule has 0 aliphatic heterocycles. The van der Waals surface area contributed by atoms with Gasteiger partial charge in [0, 0.05) is 18.3 Å². The third kappa shape index (κ3) is 8.10. The lowest BCUT2D eigenvalue weighted by molar-refractivity contribution is 0.290. The van der Waals surface area contributed by atoms with Crippen molar-refractivity contribution >= 4 is 0 Å². The molecule has 0 bridgehead atoms. The maximum Gasteiger partial charge on any atom is 0.232 e. The minimum Gasteiger partial charge on any atom is -0.477 e. The van der Waals surface area contributed by atoms with Crippen LogP contribution in [0.25, 0.3) is 0 Å². The molecule has 1 N–H and O–H groups in total. The van der Waals surface area contributed by atoms with E-state index in [1.807, 2.05) is 0 Å². The highest BCUT2D eigenvalue weighted by molar-refractivity contribution is 5.08. The Hall–Kier alpha value is -1.16. The number of aromatic nitrogens is 2. The summed E-state index contributed by atoms with van der Waals surface area (Å²) in [6.45, 7) is 10.1. The van der Waals surface area contributed by atoms with E-state index in [9.17, 15) is 0 Å². The highest BCUT2D eigenvalue weighted by atomic mass is 16.5. The molecule has 0 unspecified atom stereocenters. The highest BCUT2D eigenvalue weighted by Gasteiger charge is 2.09. The molecule has 1 rings (SSSR count). The lowest BCUT2D eigenvalue weighted by atomic mass is 10.1. The topological polar surface area (TPSA) is 47.0 Å². The second-order valence-electron chi connectivity index (χ2n) is 6.21. The molecule has 20 heavy (non-hydrogen) atoms. The average molecular weight is 279 g/mol. The average Bonchev–Trinajstić information content (AvgIpc) is 2.40. The second kappa shape index (κ2) is 8.90. The van der Waals surface area contributed by atoms with Gasteiger partial charge in [0.25, 0.3) is 0 Å². The zero-order valence-electron chi connectivity index (χ0n) is 13.4. The van der Waals surface area contributed by atoms with Crippen molar-refractivity contribution in [2.45, 2.75) is 71.9 Å². The summed E-state index contributed by atoms with van der Waals surface area (Å²) in [5.74, 6) is 0.633. The quantitative estimate of drug-likeness (QED) is 0.700. The van der Waals surface area contributed by atoms with Gasteiger partial charge in [-0.3, -0.25) is 4.98 Å². The van der Waals surface area contributed by atoms with E-state index in [4.69, 9.17) is 4.74 Å². The van der Waals surface area contributed by atoms with Crippen LogP contribution in [-0.4, -0.2) is 22.1 Å². The molecule has 1 heterocycles. The van der Waals surface area contributed by atoms with Gasteiger partial charge >= 0.3 is 0 Å². The first-order chi connectivity index (χ1) is 9.51. The van der Waals surface area contributed by atoms with Crippen LogP contribution in [0.1, 0.15) is 65.5 Å². The van der Waals surface area contributed by atoms with E-state index in [2.05, 4.69) is 43.0 Å². The number of ether oxygens (including phenoxy) is 1. The summed E-state index contributed by atoms with van der Waals surface area (Å²) in [6, 6.07) is 0. The molecule has 0 atom stereocenters. The minimum absolute atomic E-state index is 0.0812. The lowest BCUT2D eigenvalue weighted by Gasteiger charge is -2.20. The van der Waals surface area contributed by atoms with Gasteiger partial charge in [-0.2, -0.15) is 0 Å². The number of hydrogen-bond donors (Lipinski definition) is 1. The van der Waals surface area contributed by atoms with Crippen LogP contribution < -0.4 is 10.1 Å². The smallest absolute Gasteiger partial charge is 0.232 e. The highest BCUT2D eigenvalue weighted by Crippen LogP contribution is 2.09. The molecule has 0 saturated heterocycles. The van der Waals surface area contributed by atoms with Crippen molar-refractivity contribution < 1.29 is 4.74 Å². The minimum atomic E-state index is 0.0812. The van der Waals surface area contributed by atoms with Crippen molar-refractivity contribution in [3.8, 4) is 5.88 Å². The van der Waals surface area contributed by atoms with E-state index in [1.165, 1.54) is 25.7 Å². The number of unbranched alkanes of at least 4 members (excludes halogenated alkanes) is 4. The summed E-state index contributed by atoms with van der Waals surface area (Å²) in [5, 5.41) is 3.40. The van der Waals surface area contributed by atoms with Crippen LogP contribution in [-0.2, 0) is 6.54 Å². The van der Waals surface area contributed by atoms with E-state index >= 15 is 0 Å². The zero-order chi connectivity index (χ0) is 14.8. The van der Waals surface area contributed by atoms with Gasteiger partial charge in [0.15, 0.2) is 0 Å². The van der Waals surface area contributed by atoms with E-state index in [1.54, 1.807) is 12.4 Å². The Kier molecular flexibility index (Phi) is 7.52. The van der Waals surface area contributed by atoms with Crippen molar-refractivity contribution in [1.29, 1.82) is 0 Å². The van der Waals surface area contributed by atoms with E-state index in [0.717, 1.165) is 18.7 Å². The monoisotopic (exact) mass is 279 g/mol. The fourth-order valence-corrected chi connectivity index (χ4v) is 1.78. The number of nitrogens with one attached hydrogen (secondary N) is 1. The van der Waals surface area contributed by atoms with Crippen molar-refractivity contribution in [1.82, 2.24) is 15.3 Å². The van der Waals surface area contributed by atoms with Crippen LogP contribution >= 0.6 is 0 Å². The van der Waals surface area contributed by atoms with Crippen molar-refractivity contribution in [3.63, 3.8) is 0 Å². The van der Waals surface area contributed by atoms with Gasteiger partial charge in [0.05, 0.1) is 18.5 Å². The Morgan fingerprint density at radius 1 is 1.10 bits per heavy atom. The Morgan fingerprint density at radius 3 is 2.55 bits per heavy atom. The van der Waals surface area contributed by atoms with E-state index < -0.39 is 0 Å². The van der Waals surface area contributed by atoms with E-state index in [0.29, 0.717) is 12.4 Å². The lowest BCUT2D eigenvalue weighted by Crippen LogP contribution is -2.35. The standard InChI is InChI=1S/C16H29N3O/c1-5-6-7-8-9-10-20-15-13-17-11-14(19-15)12-18-16(2,3)4/h11,13,18H,5-10,12H2,1-4H3. The van der Waals surface area contributed by atoms with Crippen LogP contribution in [0, 0.1) is 0 Å². The molecule has 4 nitrogen and oxygen atoms in total. The van der Waals surface area contributed by atoms with E-state index in [-0.39, 0.29) is 5.54 Å². The Morgan fingerprint density at radius 2 is 1.85 bits per heavy atom. The largest absolute Gasteiger partial charge is 0.477 e. The van der Waals surface area contributed by atoms with Gasteiger partial charge in [-0.1, -0.05) is 32.6 Å². The van der Waals surface area contributed by atoms with Gasteiger partial charge in [0.2, 0.25) is 5.88 Å². The van der Waals surface area contributed by atoms with Crippen LogP contribution in [0.3, 0.4) is 0 Å². The Balaban J connectivity index is 2.29. The van der Waals surface area contributed by atoms with Crippen LogP contribution in [0.5, 0.6) is 5.88 Å². The summed E-state index contributed by atoms with van der Waals surface area (Å²) < 4.78 is 5.66. The van der Waals surface area contributed by atoms with Gasteiger partial charge in [0.1, 0.15) is 0 Å². The first-order valence-corrected chi connectivity index (χ1v) is 7.70. The van der Waals surface area contributed by atoms with Crippen molar-refractivity contribution in [2.75, 3.05) is 6.61 Å². The Bertz CT molecular complexity index is 374. The van der Waals surface area contributed by atoms with Gasteiger partial charge in [-0.25, -0.2) is 4.98 Å². The Labute approximate surface area is 123 Å². The van der Waals surface area contributed by atoms with Gasteiger partial charge in [-0.15, -0.1) is 0 Å². The molecule has 0 aromatic carbocycles. The molecule has 1 aromatic heterocycles. The van der Waals surface area contributed by atoms with Crippen molar-refractivity contribution in [3.05, 3.63) is 18.1 Å². The summed E-state index contributed by atoms with van der Waals surface area (Å²) in [4.78, 5) is 8.65. The molecule has 0 aliphatic carbocycles. The third-order valence-electron chi connectivity index (χ3n) is 2.96. The predicted molar refractivity (Wildman–Crippen MR) is 82.9 cm³/mol. The molecule has 0 saturated carbocycles. The van der Waals surface area contributed by atoms with Crippen LogP contribution in [0.2, 0.25) is 0 Å². The SMILES string of the molecule is CCCCCCCOc1cncc(CNC(C)(C)C)n1. The molecule has 0 spiro atoms. The summed E-state index contributed by atoms with van der Waals surface area (Å²) in [7, 11) is 0. The maximum absolute atomic E-state index is 5.66. The molecular formula is C16H29N3O. The molecule has 114 valence electrons. The molecular weight excluding hydrogens is 250 g/mol. The summed E-state index contributed by atoms with van der Waals surface area (Å²) in [5.41, 5.74) is 1.00. The van der Waals surface area contributed by atoms with Crippen LogP contribution in [0.15, 0.2) is 12.4 Å². The maximum atomic E-state index is 5.66. The molecule has 4 heteroatoms. The fraction of sp³-hybridized carbons (Fsp3) is 0.750. The van der Waals surface area contributed by atoms with Crippen molar-refractivity contribution in [2.24, 2.45) is 0 Å². The normalized spacial score (nSPS) is 11.6. The zero-order valence-corrected chi connectivity index (χ0v) is 13.4.